The van der Waals surface area contributed by atoms with Crippen LogP contribution in [0.3, 0.4) is 0 Å². The van der Waals surface area contributed by atoms with Gasteiger partial charge >= 0.3 is 0 Å². The summed E-state index contributed by atoms with van der Waals surface area (Å²) in [4.78, 5) is 12.2. The van der Waals surface area contributed by atoms with Gasteiger partial charge in [-0.1, -0.05) is 44.2 Å². The molecule has 2 aromatic carbocycles. The normalized spacial score (nSPS) is 10.6. The average Bonchev–Trinajstić information content (AvgIpc) is 2.53. The summed E-state index contributed by atoms with van der Waals surface area (Å²) >= 11 is 0. The maximum absolute atomic E-state index is 12.2. The molecule has 110 valence electrons. The van der Waals surface area contributed by atoms with Crippen LogP contribution in [0.2, 0.25) is 0 Å². The van der Waals surface area contributed by atoms with Crippen LogP contribution < -0.4 is 5.32 Å². The molecule has 0 atom stereocenters. The summed E-state index contributed by atoms with van der Waals surface area (Å²) in [5.74, 6) is 0.310. The van der Waals surface area contributed by atoms with Gasteiger partial charge in [0.2, 0.25) is 0 Å². The van der Waals surface area contributed by atoms with Crippen LogP contribution in [0.15, 0.2) is 54.6 Å². The number of anilines is 1. The fraction of sp³-hybridized carbons (Fsp3) is 0.158. The molecule has 3 heteroatoms. The van der Waals surface area contributed by atoms with Gasteiger partial charge in [0.05, 0.1) is 11.6 Å². The zero-order valence-electron chi connectivity index (χ0n) is 12.7. The number of amides is 1. The second-order valence-corrected chi connectivity index (χ2v) is 5.37. The fourth-order valence-electron chi connectivity index (χ4n) is 1.92. The van der Waals surface area contributed by atoms with Crippen molar-refractivity contribution in [2.24, 2.45) is 5.92 Å². The van der Waals surface area contributed by atoms with E-state index in [1.54, 1.807) is 36.4 Å². The molecule has 3 nitrogen and oxygen atoms in total. The Kier molecular flexibility index (Phi) is 5.11. The van der Waals surface area contributed by atoms with Crippen LogP contribution in [-0.4, -0.2) is 5.91 Å². The van der Waals surface area contributed by atoms with Gasteiger partial charge in [0.25, 0.3) is 5.91 Å². The van der Waals surface area contributed by atoms with E-state index in [2.05, 4.69) is 31.3 Å². The molecule has 2 aromatic rings. The third-order valence-electron chi connectivity index (χ3n) is 3.10. The lowest BCUT2D eigenvalue weighted by atomic mass is 10.1. The van der Waals surface area contributed by atoms with Gasteiger partial charge in [-0.15, -0.1) is 0 Å². The highest BCUT2D eigenvalue weighted by Gasteiger charge is 2.06. The molecular formula is C19H18N2O. The van der Waals surface area contributed by atoms with E-state index in [0.717, 1.165) is 5.56 Å². The number of allylic oxidation sites excluding steroid dienone is 1. The van der Waals surface area contributed by atoms with Gasteiger partial charge in [-0.05, 0) is 41.8 Å². The van der Waals surface area contributed by atoms with Gasteiger partial charge in [0.15, 0.2) is 0 Å². The van der Waals surface area contributed by atoms with E-state index >= 15 is 0 Å². The number of benzene rings is 2. The molecule has 0 radical (unpaired) electrons. The molecule has 0 aliphatic heterocycles. The van der Waals surface area contributed by atoms with Crippen molar-refractivity contribution in [1.82, 2.24) is 0 Å². The van der Waals surface area contributed by atoms with Crippen molar-refractivity contribution < 1.29 is 4.79 Å². The third kappa shape index (κ3) is 4.32. The Bertz CT molecular complexity index is 722. The van der Waals surface area contributed by atoms with Crippen molar-refractivity contribution in [3.05, 3.63) is 71.3 Å². The Morgan fingerprint density at radius 2 is 1.91 bits per heavy atom. The van der Waals surface area contributed by atoms with E-state index in [9.17, 15) is 4.79 Å². The maximum atomic E-state index is 12.2. The molecule has 22 heavy (non-hydrogen) atoms. The smallest absolute Gasteiger partial charge is 0.255 e. The van der Waals surface area contributed by atoms with Crippen LogP contribution in [0.1, 0.15) is 35.3 Å². The first-order chi connectivity index (χ1) is 10.6. The lowest BCUT2D eigenvalue weighted by Crippen LogP contribution is -2.11. The second-order valence-electron chi connectivity index (χ2n) is 5.37. The Hall–Kier alpha value is -2.86. The molecule has 0 unspecified atom stereocenters. The van der Waals surface area contributed by atoms with Crippen molar-refractivity contribution in [3.63, 3.8) is 0 Å². The number of rotatable bonds is 4. The Balaban J connectivity index is 2.08. The summed E-state index contributed by atoms with van der Waals surface area (Å²) in [5, 5.41) is 11.7. The summed E-state index contributed by atoms with van der Waals surface area (Å²) in [6.07, 6.45) is 4.16. The Labute approximate surface area is 130 Å². The van der Waals surface area contributed by atoms with Crippen LogP contribution in [0, 0.1) is 17.2 Å². The maximum Gasteiger partial charge on any atom is 0.255 e. The number of nitrogens with zero attached hydrogens (tertiary/aromatic N) is 1. The molecule has 0 heterocycles. The predicted molar refractivity (Wildman–Crippen MR) is 89.4 cm³/mol. The van der Waals surface area contributed by atoms with E-state index in [1.807, 2.05) is 18.2 Å². The first-order valence-corrected chi connectivity index (χ1v) is 7.18. The van der Waals surface area contributed by atoms with Crippen molar-refractivity contribution in [1.29, 1.82) is 5.26 Å². The van der Waals surface area contributed by atoms with Crippen LogP contribution in [-0.2, 0) is 0 Å². The SMILES string of the molecule is CC(C)/C=C/c1ccc(C(=O)Nc2cccc(C#N)c2)cc1. The summed E-state index contributed by atoms with van der Waals surface area (Å²) in [7, 11) is 0. The minimum atomic E-state index is -0.186. The highest BCUT2D eigenvalue weighted by Crippen LogP contribution is 2.13. The zero-order chi connectivity index (χ0) is 15.9. The number of hydrogen-bond donors (Lipinski definition) is 1. The van der Waals surface area contributed by atoms with Gasteiger partial charge in [-0.3, -0.25) is 4.79 Å². The fourth-order valence-corrected chi connectivity index (χ4v) is 1.92. The van der Waals surface area contributed by atoms with Crippen LogP contribution in [0.25, 0.3) is 6.08 Å². The largest absolute Gasteiger partial charge is 0.322 e. The van der Waals surface area contributed by atoms with E-state index in [0.29, 0.717) is 22.7 Å². The minimum absolute atomic E-state index is 0.186. The predicted octanol–water partition coefficient (Wildman–Crippen LogP) is 4.48. The monoisotopic (exact) mass is 290 g/mol. The Morgan fingerprint density at radius 3 is 2.55 bits per heavy atom. The second kappa shape index (κ2) is 7.24. The summed E-state index contributed by atoms with van der Waals surface area (Å²) < 4.78 is 0. The molecule has 0 aromatic heterocycles. The first-order valence-electron chi connectivity index (χ1n) is 7.18. The quantitative estimate of drug-likeness (QED) is 0.902. The van der Waals surface area contributed by atoms with Gasteiger partial charge < -0.3 is 5.32 Å². The van der Waals surface area contributed by atoms with Crippen LogP contribution in [0.4, 0.5) is 5.69 Å². The molecular weight excluding hydrogens is 272 g/mol. The number of carbonyl (C=O) groups is 1. The first kappa shape index (κ1) is 15.5. The average molecular weight is 290 g/mol. The summed E-state index contributed by atoms with van der Waals surface area (Å²) in [6.45, 7) is 4.24. The van der Waals surface area contributed by atoms with Crippen molar-refractivity contribution in [2.45, 2.75) is 13.8 Å². The Morgan fingerprint density at radius 1 is 1.18 bits per heavy atom. The van der Waals surface area contributed by atoms with E-state index < -0.39 is 0 Å². The van der Waals surface area contributed by atoms with Crippen molar-refractivity contribution in [2.75, 3.05) is 5.32 Å². The van der Waals surface area contributed by atoms with Crippen molar-refractivity contribution >= 4 is 17.7 Å². The minimum Gasteiger partial charge on any atom is -0.322 e. The van der Waals surface area contributed by atoms with Crippen molar-refractivity contribution in [3.8, 4) is 6.07 Å². The molecule has 1 amide bonds. The number of hydrogen-bond acceptors (Lipinski definition) is 2. The standard InChI is InChI=1S/C19H18N2O/c1-14(2)6-7-15-8-10-17(11-9-15)19(22)21-18-5-3-4-16(12-18)13-20/h3-12,14H,1-2H3,(H,21,22)/b7-6+. The van der Waals surface area contributed by atoms with E-state index in [4.69, 9.17) is 5.26 Å². The molecule has 0 aliphatic carbocycles. The number of carbonyl (C=O) groups excluding carboxylic acids is 1. The molecule has 0 spiro atoms. The number of nitrogens with one attached hydrogen (secondary N) is 1. The molecule has 0 saturated heterocycles. The van der Waals surface area contributed by atoms with Gasteiger partial charge in [-0.2, -0.15) is 5.26 Å². The third-order valence-corrected chi connectivity index (χ3v) is 3.10. The summed E-state index contributed by atoms with van der Waals surface area (Å²) in [6, 6.07) is 16.3. The molecule has 0 fully saturated rings. The van der Waals surface area contributed by atoms with E-state index in [-0.39, 0.29) is 5.91 Å². The zero-order valence-corrected chi connectivity index (χ0v) is 12.7. The van der Waals surface area contributed by atoms with Gasteiger partial charge in [-0.25, -0.2) is 0 Å². The topological polar surface area (TPSA) is 52.9 Å². The van der Waals surface area contributed by atoms with Crippen LogP contribution >= 0.6 is 0 Å². The molecule has 0 bridgehead atoms. The molecule has 1 N–H and O–H groups in total. The van der Waals surface area contributed by atoms with Crippen LogP contribution in [0.5, 0.6) is 0 Å². The highest BCUT2D eigenvalue weighted by molar-refractivity contribution is 6.04. The highest BCUT2D eigenvalue weighted by atomic mass is 16.1. The summed E-state index contributed by atoms with van der Waals surface area (Å²) in [5.41, 5.74) is 2.79. The number of nitriles is 1. The van der Waals surface area contributed by atoms with Gasteiger partial charge in [0, 0.05) is 11.3 Å². The molecule has 0 saturated carbocycles. The molecule has 2 rings (SSSR count). The van der Waals surface area contributed by atoms with Gasteiger partial charge in [0.1, 0.15) is 0 Å². The van der Waals surface area contributed by atoms with E-state index in [1.165, 1.54) is 0 Å². The lowest BCUT2D eigenvalue weighted by molar-refractivity contribution is 0.102. The molecule has 0 aliphatic rings. The lowest BCUT2D eigenvalue weighted by Gasteiger charge is -2.06.